The summed E-state index contributed by atoms with van der Waals surface area (Å²) in [6.07, 6.45) is 2.06. The minimum Gasteiger partial charge on any atom is -0.367 e. The van der Waals surface area contributed by atoms with Gasteiger partial charge in [-0.2, -0.15) is 0 Å². The molecule has 0 aliphatic carbocycles. The van der Waals surface area contributed by atoms with Gasteiger partial charge < -0.3 is 4.90 Å². The van der Waals surface area contributed by atoms with Gasteiger partial charge in [-0.1, -0.05) is 60.7 Å². The summed E-state index contributed by atoms with van der Waals surface area (Å²) in [5.74, 6) is 0. The molecule has 3 aromatic rings. The zero-order valence-corrected chi connectivity index (χ0v) is 16.5. The Morgan fingerprint density at radius 3 is 2.29 bits per heavy atom. The number of rotatable bonds is 6. The molecule has 1 fully saturated rings. The average molecular weight is 393 g/mol. The molecule has 1 atom stereocenters. The van der Waals surface area contributed by atoms with E-state index in [1.807, 2.05) is 54.6 Å². The quantitative estimate of drug-likeness (QED) is 0.680. The normalized spacial score (nSPS) is 17.0. The summed E-state index contributed by atoms with van der Waals surface area (Å²) in [7, 11) is -3.56. The molecule has 144 valence electrons. The SMILES string of the molecule is O=S(=O)(NCC1CCCN1c1ccccc1)c1cccc(-c2ccccc2)c1. The van der Waals surface area contributed by atoms with Crippen molar-refractivity contribution in [3.05, 3.63) is 84.9 Å². The van der Waals surface area contributed by atoms with Crippen LogP contribution in [-0.4, -0.2) is 27.5 Å². The van der Waals surface area contributed by atoms with Crippen molar-refractivity contribution in [2.24, 2.45) is 0 Å². The van der Waals surface area contributed by atoms with E-state index in [-0.39, 0.29) is 6.04 Å². The molecule has 4 nitrogen and oxygen atoms in total. The van der Waals surface area contributed by atoms with Gasteiger partial charge in [-0.25, -0.2) is 13.1 Å². The van der Waals surface area contributed by atoms with Gasteiger partial charge in [-0.05, 0) is 48.2 Å². The number of benzene rings is 3. The Kier molecular flexibility index (Phi) is 5.46. The highest BCUT2D eigenvalue weighted by Crippen LogP contribution is 2.26. The Hall–Kier alpha value is -2.63. The molecule has 1 saturated heterocycles. The van der Waals surface area contributed by atoms with Crippen molar-refractivity contribution in [2.45, 2.75) is 23.8 Å². The van der Waals surface area contributed by atoms with Gasteiger partial charge in [0.15, 0.2) is 0 Å². The van der Waals surface area contributed by atoms with Crippen molar-refractivity contribution in [3.8, 4) is 11.1 Å². The van der Waals surface area contributed by atoms with Crippen LogP contribution in [0, 0.1) is 0 Å². The van der Waals surface area contributed by atoms with Crippen LogP contribution in [0.2, 0.25) is 0 Å². The minimum absolute atomic E-state index is 0.175. The molecule has 28 heavy (non-hydrogen) atoms. The lowest BCUT2D eigenvalue weighted by Crippen LogP contribution is -2.40. The molecule has 0 bridgehead atoms. The fraction of sp³-hybridized carbons (Fsp3) is 0.217. The molecule has 3 aromatic carbocycles. The molecule has 1 aliphatic heterocycles. The summed E-state index contributed by atoms with van der Waals surface area (Å²) in [4.78, 5) is 2.60. The van der Waals surface area contributed by atoms with Gasteiger partial charge in [0.25, 0.3) is 0 Å². The third-order valence-corrected chi connectivity index (χ3v) is 6.65. The Morgan fingerprint density at radius 2 is 1.54 bits per heavy atom. The standard InChI is InChI=1S/C23H24N2O2S/c26-28(27,23-15-7-11-20(17-23)19-9-3-1-4-10-19)24-18-22-14-8-16-25(22)21-12-5-2-6-13-21/h1-7,9-13,15,17,22,24H,8,14,16,18H2. The summed E-state index contributed by atoms with van der Waals surface area (Å²) in [5, 5.41) is 0. The maximum atomic E-state index is 12.9. The number of anilines is 1. The lowest BCUT2D eigenvalue weighted by atomic mass is 10.1. The van der Waals surface area contributed by atoms with Gasteiger partial charge >= 0.3 is 0 Å². The zero-order chi connectivity index (χ0) is 19.4. The summed E-state index contributed by atoms with van der Waals surface area (Å²) in [6.45, 7) is 1.37. The second-order valence-electron chi connectivity index (χ2n) is 7.07. The van der Waals surface area contributed by atoms with E-state index < -0.39 is 10.0 Å². The van der Waals surface area contributed by atoms with Crippen molar-refractivity contribution >= 4 is 15.7 Å². The largest absolute Gasteiger partial charge is 0.367 e. The Labute approximate surface area is 166 Å². The summed E-state index contributed by atoms with van der Waals surface area (Å²) >= 11 is 0. The van der Waals surface area contributed by atoms with E-state index in [1.165, 1.54) is 0 Å². The smallest absolute Gasteiger partial charge is 0.240 e. The van der Waals surface area contributed by atoms with Crippen LogP contribution in [0.25, 0.3) is 11.1 Å². The Balaban J connectivity index is 1.49. The number of nitrogens with zero attached hydrogens (tertiary/aromatic N) is 1. The van der Waals surface area contributed by atoms with Crippen LogP contribution < -0.4 is 9.62 Å². The van der Waals surface area contributed by atoms with Gasteiger partial charge in [0, 0.05) is 24.8 Å². The summed E-state index contributed by atoms with van der Waals surface area (Å²) < 4.78 is 28.6. The Morgan fingerprint density at radius 1 is 0.857 bits per heavy atom. The third kappa shape index (κ3) is 4.11. The number of sulfonamides is 1. The van der Waals surface area contributed by atoms with E-state index in [9.17, 15) is 8.42 Å². The summed E-state index contributed by atoms with van der Waals surface area (Å²) in [5.41, 5.74) is 3.05. The predicted molar refractivity (Wildman–Crippen MR) is 114 cm³/mol. The molecule has 1 N–H and O–H groups in total. The van der Waals surface area contributed by atoms with E-state index in [0.717, 1.165) is 36.2 Å². The van der Waals surface area contributed by atoms with E-state index in [2.05, 4.69) is 21.8 Å². The molecule has 1 aliphatic rings. The van der Waals surface area contributed by atoms with Crippen molar-refractivity contribution in [3.63, 3.8) is 0 Å². The highest BCUT2D eigenvalue weighted by atomic mass is 32.2. The molecule has 0 aromatic heterocycles. The van der Waals surface area contributed by atoms with Crippen molar-refractivity contribution in [2.75, 3.05) is 18.0 Å². The first-order chi connectivity index (χ1) is 13.6. The zero-order valence-electron chi connectivity index (χ0n) is 15.7. The van der Waals surface area contributed by atoms with Gasteiger partial charge in [-0.15, -0.1) is 0 Å². The monoisotopic (exact) mass is 392 g/mol. The van der Waals surface area contributed by atoms with Gasteiger partial charge in [0.2, 0.25) is 10.0 Å². The maximum absolute atomic E-state index is 12.9. The molecule has 5 heteroatoms. The maximum Gasteiger partial charge on any atom is 0.240 e. The fourth-order valence-electron chi connectivity index (χ4n) is 3.77. The van der Waals surface area contributed by atoms with Crippen LogP contribution in [0.5, 0.6) is 0 Å². The third-order valence-electron chi connectivity index (χ3n) is 5.23. The first-order valence-electron chi connectivity index (χ1n) is 9.60. The van der Waals surface area contributed by atoms with Gasteiger partial charge in [0.05, 0.1) is 4.90 Å². The summed E-state index contributed by atoms with van der Waals surface area (Å²) in [6, 6.07) is 27.3. The molecule has 4 rings (SSSR count). The number of hydrogen-bond acceptors (Lipinski definition) is 3. The van der Waals surface area contributed by atoms with E-state index >= 15 is 0 Å². The second kappa shape index (κ2) is 8.17. The molecule has 0 amide bonds. The van der Waals surface area contributed by atoms with Crippen LogP contribution in [-0.2, 0) is 10.0 Å². The lowest BCUT2D eigenvalue weighted by Gasteiger charge is -2.27. The topological polar surface area (TPSA) is 49.4 Å². The number of hydrogen-bond donors (Lipinski definition) is 1. The first kappa shape index (κ1) is 18.7. The first-order valence-corrected chi connectivity index (χ1v) is 11.1. The molecular weight excluding hydrogens is 368 g/mol. The van der Waals surface area contributed by atoms with Crippen molar-refractivity contribution in [1.82, 2.24) is 4.72 Å². The molecule has 0 spiro atoms. The molecule has 1 unspecified atom stereocenters. The molecule has 0 radical (unpaired) electrons. The van der Waals surface area contributed by atoms with Crippen molar-refractivity contribution < 1.29 is 8.42 Å². The highest BCUT2D eigenvalue weighted by molar-refractivity contribution is 7.89. The van der Waals surface area contributed by atoms with Crippen LogP contribution >= 0.6 is 0 Å². The number of para-hydroxylation sites is 1. The van der Waals surface area contributed by atoms with Gasteiger partial charge in [0.1, 0.15) is 0 Å². The van der Waals surface area contributed by atoms with E-state index in [1.54, 1.807) is 18.2 Å². The fourth-order valence-corrected chi connectivity index (χ4v) is 4.89. The van der Waals surface area contributed by atoms with Gasteiger partial charge in [-0.3, -0.25) is 0 Å². The minimum atomic E-state index is -3.56. The van der Waals surface area contributed by atoms with Crippen LogP contribution in [0.15, 0.2) is 89.8 Å². The number of nitrogens with one attached hydrogen (secondary N) is 1. The average Bonchev–Trinajstić information content (AvgIpc) is 3.22. The van der Waals surface area contributed by atoms with Crippen LogP contribution in [0.1, 0.15) is 12.8 Å². The van der Waals surface area contributed by atoms with Crippen LogP contribution in [0.4, 0.5) is 5.69 Å². The van der Waals surface area contributed by atoms with E-state index in [4.69, 9.17) is 0 Å². The molecule has 0 saturated carbocycles. The van der Waals surface area contributed by atoms with Crippen LogP contribution in [0.3, 0.4) is 0 Å². The highest BCUT2D eigenvalue weighted by Gasteiger charge is 2.26. The molecule has 1 heterocycles. The Bertz CT molecular complexity index is 1020. The van der Waals surface area contributed by atoms with E-state index in [0.29, 0.717) is 11.4 Å². The van der Waals surface area contributed by atoms with Crippen molar-refractivity contribution in [1.29, 1.82) is 0 Å². The predicted octanol–water partition coefficient (Wildman–Crippen LogP) is 4.30. The molecular formula is C23H24N2O2S. The lowest BCUT2D eigenvalue weighted by molar-refractivity contribution is 0.567. The second-order valence-corrected chi connectivity index (χ2v) is 8.84.